The van der Waals surface area contributed by atoms with Crippen molar-refractivity contribution in [1.29, 1.82) is 0 Å². The van der Waals surface area contributed by atoms with E-state index in [1.807, 2.05) is 0 Å². The molecule has 0 radical (unpaired) electrons. The molecule has 2 amide bonds. The quantitative estimate of drug-likeness (QED) is 0.743. The van der Waals surface area contributed by atoms with Crippen LogP contribution in [0.5, 0.6) is 11.5 Å². The lowest BCUT2D eigenvalue weighted by Crippen LogP contribution is -2.28. The van der Waals surface area contributed by atoms with E-state index >= 15 is 0 Å². The molecule has 1 aliphatic heterocycles. The third kappa shape index (κ3) is 3.71. The van der Waals surface area contributed by atoms with Crippen molar-refractivity contribution >= 4 is 23.5 Å². The minimum atomic E-state index is -0.739. The molecule has 8 heteroatoms. The van der Waals surface area contributed by atoms with E-state index in [1.54, 1.807) is 18.2 Å². The van der Waals surface area contributed by atoms with Crippen molar-refractivity contribution in [2.75, 3.05) is 32.3 Å². The van der Waals surface area contributed by atoms with Crippen LogP contribution in [0.1, 0.15) is 6.42 Å². The molecule has 0 bridgehead atoms. The van der Waals surface area contributed by atoms with Gasteiger partial charge < -0.3 is 24.8 Å². The van der Waals surface area contributed by atoms with Crippen LogP contribution in [0.15, 0.2) is 18.2 Å². The second-order valence-corrected chi connectivity index (χ2v) is 5.02. The van der Waals surface area contributed by atoms with Gasteiger partial charge in [0.05, 0.1) is 25.8 Å². The zero-order valence-corrected chi connectivity index (χ0v) is 12.9. The maximum absolute atomic E-state index is 12.2. The van der Waals surface area contributed by atoms with Crippen LogP contribution >= 0.6 is 0 Å². The van der Waals surface area contributed by atoms with Crippen LogP contribution in [0.4, 0.5) is 5.69 Å². The molecule has 2 N–H and O–H groups in total. The van der Waals surface area contributed by atoms with Gasteiger partial charge in [-0.05, 0) is 12.1 Å². The molecular formula is C15H18N2O6. The summed E-state index contributed by atoms with van der Waals surface area (Å²) in [5.41, 5.74) is 5.47. The van der Waals surface area contributed by atoms with Crippen LogP contribution in [-0.4, -0.2) is 45.2 Å². The van der Waals surface area contributed by atoms with E-state index < -0.39 is 24.4 Å². The maximum atomic E-state index is 12.2. The third-order valence-corrected chi connectivity index (χ3v) is 3.49. The van der Waals surface area contributed by atoms with Crippen molar-refractivity contribution in [1.82, 2.24) is 0 Å². The maximum Gasteiger partial charge on any atom is 0.311 e. The molecule has 1 aromatic rings. The molecule has 8 nitrogen and oxygen atoms in total. The number of hydrogen-bond acceptors (Lipinski definition) is 6. The van der Waals surface area contributed by atoms with Crippen LogP contribution in [-0.2, 0) is 19.1 Å². The van der Waals surface area contributed by atoms with Crippen molar-refractivity contribution in [2.24, 2.45) is 11.7 Å². The van der Waals surface area contributed by atoms with Gasteiger partial charge >= 0.3 is 5.97 Å². The molecule has 1 saturated heterocycles. The summed E-state index contributed by atoms with van der Waals surface area (Å²) in [4.78, 5) is 36.2. The number of amides is 2. The first-order valence-electron chi connectivity index (χ1n) is 6.93. The molecule has 124 valence electrons. The molecule has 2 rings (SSSR count). The molecular weight excluding hydrogens is 304 g/mol. The fraction of sp³-hybridized carbons (Fsp3) is 0.400. The monoisotopic (exact) mass is 322 g/mol. The highest BCUT2D eigenvalue weighted by Crippen LogP contribution is 2.35. The predicted octanol–water partition coefficient (Wildman–Crippen LogP) is 0.0852. The van der Waals surface area contributed by atoms with Gasteiger partial charge in [0.2, 0.25) is 5.91 Å². The average Bonchev–Trinajstić information content (AvgIpc) is 2.93. The van der Waals surface area contributed by atoms with E-state index in [0.717, 1.165) is 0 Å². The van der Waals surface area contributed by atoms with E-state index in [-0.39, 0.29) is 18.9 Å². The second kappa shape index (κ2) is 6.99. The van der Waals surface area contributed by atoms with Crippen molar-refractivity contribution in [2.45, 2.75) is 6.42 Å². The number of ether oxygens (including phenoxy) is 3. The largest absolute Gasteiger partial charge is 0.497 e. The SMILES string of the molecule is COc1ccc(N2C[C@@H](C(=O)OCC(N)=O)CC2=O)c(OC)c1. The van der Waals surface area contributed by atoms with Gasteiger partial charge in [0, 0.05) is 19.0 Å². The number of rotatable bonds is 6. The number of nitrogens with two attached hydrogens (primary N) is 1. The first kappa shape index (κ1) is 16.6. The van der Waals surface area contributed by atoms with Gasteiger partial charge in [-0.3, -0.25) is 14.4 Å². The summed E-state index contributed by atoms with van der Waals surface area (Å²) in [6.45, 7) is -0.339. The van der Waals surface area contributed by atoms with Gasteiger partial charge in [0.1, 0.15) is 11.5 Å². The molecule has 23 heavy (non-hydrogen) atoms. The molecule has 1 aromatic carbocycles. The number of anilines is 1. The number of nitrogens with zero attached hydrogens (tertiary/aromatic N) is 1. The molecule has 0 aliphatic carbocycles. The highest BCUT2D eigenvalue weighted by atomic mass is 16.5. The first-order chi connectivity index (χ1) is 11.0. The number of esters is 1. The van der Waals surface area contributed by atoms with Gasteiger partial charge in [-0.15, -0.1) is 0 Å². The van der Waals surface area contributed by atoms with Gasteiger partial charge in [-0.1, -0.05) is 0 Å². The smallest absolute Gasteiger partial charge is 0.311 e. The molecule has 1 heterocycles. The molecule has 1 aliphatic rings. The summed E-state index contributed by atoms with van der Waals surface area (Å²) in [6, 6.07) is 5.04. The minimum Gasteiger partial charge on any atom is -0.497 e. The van der Waals surface area contributed by atoms with Gasteiger partial charge in [0.25, 0.3) is 5.91 Å². The Hall–Kier alpha value is -2.77. The lowest BCUT2D eigenvalue weighted by Gasteiger charge is -2.20. The van der Waals surface area contributed by atoms with Crippen LogP contribution in [0.3, 0.4) is 0 Å². The normalized spacial score (nSPS) is 17.0. The van der Waals surface area contributed by atoms with E-state index in [1.165, 1.54) is 19.1 Å². The number of hydrogen-bond donors (Lipinski definition) is 1. The van der Waals surface area contributed by atoms with Gasteiger partial charge in [-0.25, -0.2) is 0 Å². The Morgan fingerprint density at radius 2 is 2.04 bits per heavy atom. The summed E-state index contributed by atoms with van der Waals surface area (Å²) in [7, 11) is 3.01. The van der Waals surface area contributed by atoms with Crippen LogP contribution in [0, 0.1) is 5.92 Å². The van der Waals surface area contributed by atoms with Crippen LogP contribution in [0.2, 0.25) is 0 Å². The Kier molecular flexibility index (Phi) is 5.05. The summed E-state index contributed by atoms with van der Waals surface area (Å²) >= 11 is 0. The Bertz CT molecular complexity index is 630. The number of methoxy groups -OCH3 is 2. The average molecular weight is 322 g/mol. The fourth-order valence-corrected chi connectivity index (χ4v) is 2.37. The molecule has 1 fully saturated rings. The second-order valence-electron chi connectivity index (χ2n) is 5.02. The van der Waals surface area contributed by atoms with Crippen molar-refractivity contribution in [3.05, 3.63) is 18.2 Å². The van der Waals surface area contributed by atoms with Crippen LogP contribution in [0.25, 0.3) is 0 Å². The number of benzene rings is 1. The van der Waals surface area contributed by atoms with E-state index in [0.29, 0.717) is 17.2 Å². The summed E-state index contributed by atoms with van der Waals surface area (Å²) in [5.74, 6) is -1.18. The predicted molar refractivity (Wildman–Crippen MR) is 80.2 cm³/mol. The zero-order chi connectivity index (χ0) is 17.0. The Morgan fingerprint density at radius 1 is 1.30 bits per heavy atom. The van der Waals surface area contributed by atoms with Crippen LogP contribution < -0.4 is 20.1 Å². The van der Waals surface area contributed by atoms with E-state index in [2.05, 4.69) is 0 Å². The summed E-state index contributed by atoms with van der Waals surface area (Å²) in [6.07, 6.45) is 0.00672. The topological polar surface area (TPSA) is 108 Å². The number of carbonyl (C=O) groups excluding carboxylic acids is 3. The fourth-order valence-electron chi connectivity index (χ4n) is 2.37. The highest BCUT2D eigenvalue weighted by Gasteiger charge is 2.37. The van der Waals surface area contributed by atoms with Crippen molar-refractivity contribution < 1.29 is 28.6 Å². The lowest BCUT2D eigenvalue weighted by molar-refractivity contribution is -0.151. The number of primary amides is 1. The molecule has 0 aromatic heterocycles. The third-order valence-electron chi connectivity index (χ3n) is 3.49. The van der Waals surface area contributed by atoms with Gasteiger partial charge in [-0.2, -0.15) is 0 Å². The lowest BCUT2D eigenvalue weighted by atomic mass is 10.1. The number of carbonyl (C=O) groups is 3. The Balaban J connectivity index is 2.14. The molecule has 0 saturated carbocycles. The minimum absolute atomic E-state index is 0.00672. The van der Waals surface area contributed by atoms with Crippen molar-refractivity contribution in [3.63, 3.8) is 0 Å². The van der Waals surface area contributed by atoms with Crippen molar-refractivity contribution in [3.8, 4) is 11.5 Å². The summed E-state index contributed by atoms with van der Waals surface area (Å²) < 4.78 is 15.2. The van der Waals surface area contributed by atoms with E-state index in [9.17, 15) is 14.4 Å². The first-order valence-corrected chi connectivity index (χ1v) is 6.93. The Morgan fingerprint density at radius 3 is 2.65 bits per heavy atom. The van der Waals surface area contributed by atoms with E-state index in [4.69, 9.17) is 19.9 Å². The zero-order valence-electron chi connectivity index (χ0n) is 12.9. The Labute approximate surface area is 133 Å². The highest BCUT2D eigenvalue weighted by molar-refractivity contribution is 6.00. The van der Waals surface area contributed by atoms with Gasteiger partial charge in [0.15, 0.2) is 6.61 Å². The molecule has 1 atom stereocenters. The standard InChI is InChI=1S/C15H18N2O6/c1-21-10-3-4-11(12(6-10)22-2)17-7-9(5-14(17)19)15(20)23-8-13(16)18/h3-4,6,9H,5,7-8H2,1-2H3,(H2,16,18)/t9-/m0/s1. The summed E-state index contributed by atoms with van der Waals surface area (Å²) in [5, 5.41) is 0. The molecule has 0 spiro atoms. The molecule has 0 unspecified atom stereocenters.